The summed E-state index contributed by atoms with van der Waals surface area (Å²) in [5.41, 5.74) is 1.84. The van der Waals surface area contributed by atoms with Crippen molar-refractivity contribution in [3.05, 3.63) is 47.8 Å². The molecule has 0 radical (unpaired) electrons. The Bertz CT molecular complexity index is 766. The maximum Gasteiger partial charge on any atom is 0.230 e. The van der Waals surface area contributed by atoms with Gasteiger partial charge in [0.15, 0.2) is 0 Å². The zero-order valence-corrected chi connectivity index (χ0v) is 13.1. The lowest BCUT2D eigenvalue weighted by atomic mass is 10.1. The highest BCUT2D eigenvalue weighted by Crippen LogP contribution is 2.26. The molecule has 1 amide bonds. The van der Waals surface area contributed by atoms with E-state index in [1.807, 2.05) is 0 Å². The molecule has 1 fully saturated rings. The fourth-order valence-corrected chi connectivity index (χ4v) is 2.83. The Kier molecular flexibility index (Phi) is 4.58. The molecule has 1 N–H and O–H groups in total. The van der Waals surface area contributed by atoms with Crippen molar-refractivity contribution in [2.24, 2.45) is 0 Å². The molecule has 1 aliphatic rings. The summed E-state index contributed by atoms with van der Waals surface area (Å²) in [5, 5.41) is 12.6. The monoisotopic (exact) mass is 327 g/mol. The summed E-state index contributed by atoms with van der Waals surface area (Å²) in [7, 11) is 0. The molecule has 0 spiro atoms. The van der Waals surface area contributed by atoms with Gasteiger partial charge in [0.1, 0.15) is 16.9 Å². The molecular weight excluding hydrogens is 313 g/mol. The van der Waals surface area contributed by atoms with Crippen LogP contribution in [0, 0.1) is 17.1 Å². The fraction of sp³-hybridized carbons (Fsp3) is 0.235. The highest BCUT2D eigenvalue weighted by Gasteiger charge is 2.23. The number of halogens is 1. The maximum absolute atomic E-state index is 13.0. The third kappa shape index (κ3) is 4.08. The number of nitrogens with zero attached hydrogens (tertiary/aromatic N) is 2. The van der Waals surface area contributed by atoms with Crippen LogP contribution in [0.25, 0.3) is 11.3 Å². The highest BCUT2D eigenvalue weighted by molar-refractivity contribution is 8.00. The van der Waals surface area contributed by atoms with Crippen molar-refractivity contribution < 1.29 is 9.18 Å². The number of amides is 1. The van der Waals surface area contributed by atoms with Gasteiger partial charge >= 0.3 is 0 Å². The molecule has 4 nitrogen and oxygen atoms in total. The third-order valence-corrected chi connectivity index (χ3v) is 4.39. The van der Waals surface area contributed by atoms with E-state index in [1.54, 1.807) is 24.3 Å². The van der Waals surface area contributed by atoms with Crippen molar-refractivity contribution in [3.63, 3.8) is 0 Å². The van der Waals surface area contributed by atoms with Gasteiger partial charge in [-0.25, -0.2) is 9.37 Å². The molecule has 1 aromatic carbocycles. The van der Waals surface area contributed by atoms with Crippen LogP contribution in [-0.4, -0.2) is 22.7 Å². The summed E-state index contributed by atoms with van der Waals surface area (Å²) >= 11 is 1.24. The number of thioether (sulfide) groups is 1. The first-order valence-corrected chi connectivity index (χ1v) is 8.23. The van der Waals surface area contributed by atoms with Gasteiger partial charge in [0.2, 0.25) is 5.91 Å². The summed E-state index contributed by atoms with van der Waals surface area (Å²) in [6.45, 7) is 0. The molecule has 2 aromatic rings. The largest absolute Gasteiger partial charge is 0.353 e. The summed E-state index contributed by atoms with van der Waals surface area (Å²) < 4.78 is 13.0. The summed E-state index contributed by atoms with van der Waals surface area (Å²) in [4.78, 5) is 16.2. The lowest BCUT2D eigenvalue weighted by Crippen LogP contribution is -2.27. The molecule has 0 saturated heterocycles. The predicted octanol–water partition coefficient (Wildman–Crippen LogP) is 3.13. The quantitative estimate of drug-likeness (QED) is 0.857. The molecule has 23 heavy (non-hydrogen) atoms. The van der Waals surface area contributed by atoms with Crippen LogP contribution < -0.4 is 5.32 Å². The number of aromatic nitrogens is 1. The first kappa shape index (κ1) is 15.5. The van der Waals surface area contributed by atoms with Crippen molar-refractivity contribution in [1.82, 2.24) is 10.3 Å². The van der Waals surface area contributed by atoms with Crippen molar-refractivity contribution in [2.45, 2.75) is 23.9 Å². The normalized spacial score (nSPS) is 13.4. The van der Waals surface area contributed by atoms with Gasteiger partial charge in [0.25, 0.3) is 0 Å². The number of hydrogen-bond donors (Lipinski definition) is 1. The molecule has 3 rings (SSSR count). The van der Waals surface area contributed by atoms with Gasteiger partial charge in [0, 0.05) is 11.6 Å². The van der Waals surface area contributed by atoms with E-state index in [9.17, 15) is 14.4 Å². The van der Waals surface area contributed by atoms with E-state index >= 15 is 0 Å². The number of benzene rings is 1. The Morgan fingerprint density at radius 3 is 2.70 bits per heavy atom. The second kappa shape index (κ2) is 6.80. The van der Waals surface area contributed by atoms with Crippen LogP contribution in [0.15, 0.2) is 41.4 Å². The Morgan fingerprint density at radius 1 is 1.30 bits per heavy atom. The van der Waals surface area contributed by atoms with Gasteiger partial charge in [-0.05, 0) is 49.2 Å². The molecule has 1 saturated carbocycles. The van der Waals surface area contributed by atoms with Crippen LogP contribution in [-0.2, 0) is 4.79 Å². The van der Waals surface area contributed by atoms with E-state index in [0.29, 0.717) is 22.3 Å². The van der Waals surface area contributed by atoms with Gasteiger partial charge < -0.3 is 5.32 Å². The number of hydrogen-bond acceptors (Lipinski definition) is 4. The first-order valence-electron chi connectivity index (χ1n) is 7.25. The minimum atomic E-state index is -0.311. The lowest BCUT2D eigenvalue weighted by molar-refractivity contribution is -0.118. The Labute approximate surface area is 137 Å². The van der Waals surface area contributed by atoms with Crippen LogP contribution in [0.1, 0.15) is 18.4 Å². The minimum absolute atomic E-state index is 0.0459. The SMILES string of the molecule is N#Cc1ccc(-c2ccc(F)cc2)nc1SCC(=O)NC1CC1. The number of carbonyl (C=O) groups excluding carboxylic acids is 1. The topological polar surface area (TPSA) is 65.8 Å². The number of carbonyl (C=O) groups is 1. The number of rotatable bonds is 5. The van der Waals surface area contributed by atoms with E-state index in [0.717, 1.165) is 18.4 Å². The number of nitriles is 1. The van der Waals surface area contributed by atoms with E-state index in [-0.39, 0.29) is 17.5 Å². The van der Waals surface area contributed by atoms with E-state index < -0.39 is 0 Å². The molecule has 0 bridgehead atoms. The molecular formula is C17H14FN3OS. The minimum Gasteiger partial charge on any atom is -0.353 e. The van der Waals surface area contributed by atoms with Gasteiger partial charge in [-0.2, -0.15) is 5.26 Å². The van der Waals surface area contributed by atoms with Crippen LogP contribution in [0.5, 0.6) is 0 Å². The van der Waals surface area contributed by atoms with E-state index in [2.05, 4.69) is 16.4 Å². The molecule has 1 aromatic heterocycles. The predicted molar refractivity (Wildman–Crippen MR) is 86.2 cm³/mol. The molecule has 6 heteroatoms. The van der Waals surface area contributed by atoms with E-state index in [1.165, 1.54) is 23.9 Å². The average molecular weight is 327 g/mol. The second-order valence-corrected chi connectivity index (χ2v) is 6.26. The Hall–Kier alpha value is -2.39. The third-order valence-electron chi connectivity index (χ3n) is 3.40. The lowest BCUT2D eigenvalue weighted by Gasteiger charge is -2.07. The average Bonchev–Trinajstić information content (AvgIpc) is 3.37. The van der Waals surface area contributed by atoms with Gasteiger partial charge in [-0.15, -0.1) is 0 Å². The van der Waals surface area contributed by atoms with Crippen LogP contribution in [0.3, 0.4) is 0 Å². The summed E-state index contributed by atoms with van der Waals surface area (Å²) in [5.74, 6) is -0.130. The molecule has 0 unspecified atom stereocenters. The summed E-state index contributed by atoms with van der Waals surface area (Å²) in [6.07, 6.45) is 2.08. The molecule has 1 aliphatic carbocycles. The number of nitrogens with one attached hydrogen (secondary N) is 1. The van der Waals surface area contributed by atoms with Crippen molar-refractivity contribution >= 4 is 17.7 Å². The van der Waals surface area contributed by atoms with E-state index in [4.69, 9.17) is 0 Å². The number of pyridine rings is 1. The first-order chi connectivity index (χ1) is 11.2. The zero-order valence-electron chi connectivity index (χ0n) is 12.3. The summed E-state index contributed by atoms with van der Waals surface area (Å²) in [6, 6.07) is 11.8. The van der Waals surface area contributed by atoms with Crippen molar-refractivity contribution in [3.8, 4) is 17.3 Å². The van der Waals surface area contributed by atoms with Gasteiger partial charge in [0.05, 0.1) is 17.0 Å². The zero-order chi connectivity index (χ0) is 16.2. The van der Waals surface area contributed by atoms with Gasteiger partial charge in [-0.1, -0.05) is 11.8 Å². The highest BCUT2D eigenvalue weighted by atomic mass is 32.2. The van der Waals surface area contributed by atoms with Crippen molar-refractivity contribution in [1.29, 1.82) is 5.26 Å². The Balaban J connectivity index is 1.77. The molecule has 116 valence electrons. The fourth-order valence-electron chi connectivity index (χ4n) is 2.05. The van der Waals surface area contributed by atoms with Crippen LogP contribution >= 0.6 is 11.8 Å². The second-order valence-electron chi connectivity index (χ2n) is 5.30. The molecule has 0 aliphatic heterocycles. The van der Waals surface area contributed by atoms with Crippen LogP contribution in [0.4, 0.5) is 4.39 Å². The molecule has 0 atom stereocenters. The smallest absolute Gasteiger partial charge is 0.230 e. The van der Waals surface area contributed by atoms with Gasteiger partial charge in [-0.3, -0.25) is 4.79 Å². The standard InChI is InChI=1S/C17H14FN3OS/c18-13-4-1-11(2-5-13)15-8-3-12(9-19)17(21-15)23-10-16(22)20-14-6-7-14/h1-5,8,14H,6-7,10H2,(H,20,22). The van der Waals surface area contributed by atoms with Crippen molar-refractivity contribution in [2.75, 3.05) is 5.75 Å². The molecule has 1 heterocycles. The van der Waals surface area contributed by atoms with Crippen LogP contribution in [0.2, 0.25) is 0 Å². The maximum atomic E-state index is 13.0. The Morgan fingerprint density at radius 2 is 2.04 bits per heavy atom.